The standard InChI is InChI=1S/C7H13N3/c1-3-8-6-10-5-4-9(2)7-10/h3,6H,1,4-5,7H2,2H3/b8-6-. The van der Waals surface area contributed by atoms with Crippen molar-refractivity contribution in [1.82, 2.24) is 9.80 Å². The van der Waals surface area contributed by atoms with Gasteiger partial charge in [-0.2, -0.15) is 0 Å². The van der Waals surface area contributed by atoms with Crippen LogP contribution in [0.15, 0.2) is 17.8 Å². The fourth-order valence-electron chi connectivity index (χ4n) is 0.986. The average molecular weight is 139 g/mol. The van der Waals surface area contributed by atoms with Crippen molar-refractivity contribution in [3.8, 4) is 0 Å². The summed E-state index contributed by atoms with van der Waals surface area (Å²) >= 11 is 0. The molecule has 1 aliphatic heterocycles. The first-order valence-corrected chi connectivity index (χ1v) is 3.39. The lowest BCUT2D eigenvalue weighted by Crippen LogP contribution is -2.21. The molecule has 3 heteroatoms. The van der Waals surface area contributed by atoms with E-state index in [9.17, 15) is 0 Å². The summed E-state index contributed by atoms with van der Waals surface area (Å²) in [5, 5.41) is 0. The number of hydrogen-bond donors (Lipinski definition) is 0. The molecular weight excluding hydrogens is 126 g/mol. The van der Waals surface area contributed by atoms with Crippen molar-refractivity contribution >= 4 is 6.34 Å². The first kappa shape index (κ1) is 7.28. The predicted molar refractivity (Wildman–Crippen MR) is 42.9 cm³/mol. The Morgan fingerprint density at radius 2 is 2.30 bits per heavy atom. The van der Waals surface area contributed by atoms with E-state index in [1.807, 2.05) is 6.34 Å². The normalized spacial score (nSPS) is 20.7. The van der Waals surface area contributed by atoms with E-state index in [0.717, 1.165) is 19.8 Å². The lowest BCUT2D eigenvalue weighted by atomic mass is 10.6. The molecule has 0 N–H and O–H groups in total. The van der Waals surface area contributed by atoms with Crippen LogP contribution in [0, 0.1) is 0 Å². The Balaban J connectivity index is 2.30. The van der Waals surface area contributed by atoms with Crippen LogP contribution in [0.5, 0.6) is 0 Å². The highest BCUT2D eigenvalue weighted by Crippen LogP contribution is 1.97. The van der Waals surface area contributed by atoms with Gasteiger partial charge in [-0.05, 0) is 7.05 Å². The van der Waals surface area contributed by atoms with Gasteiger partial charge in [-0.25, -0.2) is 4.99 Å². The third kappa shape index (κ3) is 1.84. The Morgan fingerprint density at radius 1 is 1.50 bits per heavy atom. The summed E-state index contributed by atoms with van der Waals surface area (Å²) in [6, 6.07) is 0. The number of aliphatic imine (C=N–C) groups is 1. The second-order valence-electron chi connectivity index (χ2n) is 2.48. The molecule has 3 nitrogen and oxygen atoms in total. The highest BCUT2D eigenvalue weighted by atomic mass is 15.4. The zero-order valence-corrected chi connectivity index (χ0v) is 6.32. The molecule has 56 valence electrons. The molecule has 0 saturated carbocycles. The van der Waals surface area contributed by atoms with Gasteiger partial charge in [-0.3, -0.25) is 4.90 Å². The Kier molecular flexibility index (Phi) is 2.45. The van der Waals surface area contributed by atoms with Gasteiger partial charge in [0.05, 0.1) is 13.0 Å². The van der Waals surface area contributed by atoms with Crippen LogP contribution in [-0.4, -0.2) is 42.9 Å². The first-order chi connectivity index (χ1) is 4.83. The molecule has 0 aromatic carbocycles. The lowest BCUT2D eigenvalue weighted by molar-refractivity contribution is 0.364. The quantitative estimate of drug-likeness (QED) is 0.406. The van der Waals surface area contributed by atoms with E-state index >= 15 is 0 Å². The van der Waals surface area contributed by atoms with Gasteiger partial charge < -0.3 is 4.90 Å². The Bertz CT molecular complexity index is 142. The van der Waals surface area contributed by atoms with E-state index in [2.05, 4.69) is 28.4 Å². The molecule has 1 aliphatic rings. The summed E-state index contributed by atoms with van der Waals surface area (Å²) in [7, 11) is 2.10. The summed E-state index contributed by atoms with van der Waals surface area (Å²) in [5.74, 6) is 0. The van der Waals surface area contributed by atoms with Crippen LogP contribution in [0.4, 0.5) is 0 Å². The largest absolute Gasteiger partial charge is 0.348 e. The van der Waals surface area contributed by atoms with Gasteiger partial charge in [0, 0.05) is 19.3 Å². The smallest absolute Gasteiger partial charge is 0.0915 e. The van der Waals surface area contributed by atoms with E-state index in [-0.39, 0.29) is 0 Å². The predicted octanol–water partition coefficient (Wildman–Crippen LogP) is 0.363. The van der Waals surface area contributed by atoms with Crippen LogP contribution >= 0.6 is 0 Å². The van der Waals surface area contributed by atoms with E-state index < -0.39 is 0 Å². The summed E-state index contributed by atoms with van der Waals surface area (Å²) in [6.45, 7) is 6.69. The van der Waals surface area contributed by atoms with Crippen LogP contribution < -0.4 is 0 Å². The van der Waals surface area contributed by atoms with E-state index in [0.29, 0.717) is 0 Å². The molecular formula is C7H13N3. The van der Waals surface area contributed by atoms with Gasteiger partial charge in [0.15, 0.2) is 0 Å². The fourth-order valence-corrected chi connectivity index (χ4v) is 0.986. The van der Waals surface area contributed by atoms with Crippen LogP contribution in [0.3, 0.4) is 0 Å². The zero-order valence-electron chi connectivity index (χ0n) is 6.32. The molecule has 0 unspecified atom stereocenters. The minimum atomic E-state index is 0.983. The number of nitrogens with zero attached hydrogens (tertiary/aromatic N) is 3. The maximum atomic E-state index is 3.93. The topological polar surface area (TPSA) is 18.8 Å². The molecule has 0 atom stereocenters. The lowest BCUT2D eigenvalue weighted by Gasteiger charge is -2.09. The third-order valence-electron chi connectivity index (χ3n) is 1.53. The van der Waals surface area contributed by atoms with Crippen molar-refractivity contribution in [2.75, 3.05) is 26.8 Å². The monoisotopic (exact) mass is 139 g/mol. The van der Waals surface area contributed by atoms with Gasteiger partial charge >= 0.3 is 0 Å². The van der Waals surface area contributed by atoms with Crippen LogP contribution in [-0.2, 0) is 0 Å². The summed E-state index contributed by atoms with van der Waals surface area (Å²) < 4.78 is 0. The highest BCUT2D eigenvalue weighted by molar-refractivity contribution is 5.55. The molecule has 1 heterocycles. The van der Waals surface area contributed by atoms with Gasteiger partial charge in [-0.1, -0.05) is 6.58 Å². The fraction of sp³-hybridized carbons (Fsp3) is 0.571. The number of likely N-dealkylation sites (N-methyl/N-ethyl adjacent to an activating group) is 1. The molecule has 0 aromatic rings. The molecule has 1 saturated heterocycles. The summed E-state index contributed by atoms with van der Waals surface area (Å²) in [5.41, 5.74) is 0. The maximum Gasteiger partial charge on any atom is 0.0915 e. The van der Waals surface area contributed by atoms with E-state index in [1.165, 1.54) is 0 Å². The number of hydrogen-bond acceptors (Lipinski definition) is 2. The number of rotatable bonds is 2. The average Bonchev–Trinajstić information content (AvgIpc) is 2.31. The minimum Gasteiger partial charge on any atom is -0.348 e. The van der Waals surface area contributed by atoms with Crippen molar-refractivity contribution in [2.45, 2.75) is 0 Å². The Morgan fingerprint density at radius 3 is 2.80 bits per heavy atom. The zero-order chi connectivity index (χ0) is 7.40. The molecule has 0 radical (unpaired) electrons. The summed E-state index contributed by atoms with van der Waals surface area (Å²) in [4.78, 5) is 8.33. The van der Waals surface area contributed by atoms with Gasteiger partial charge in [-0.15, -0.1) is 0 Å². The molecule has 1 fully saturated rings. The van der Waals surface area contributed by atoms with Crippen molar-refractivity contribution in [1.29, 1.82) is 0 Å². The second kappa shape index (κ2) is 3.37. The minimum absolute atomic E-state index is 0.983. The van der Waals surface area contributed by atoms with E-state index in [1.54, 1.807) is 6.20 Å². The third-order valence-corrected chi connectivity index (χ3v) is 1.53. The SMILES string of the molecule is C=C/N=C\N1CCN(C)C1. The molecule has 0 bridgehead atoms. The molecule has 0 amide bonds. The van der Waals surface area contributed by atoms with Gasteiger partial charge in [0.2, 0.25) is 0 Å². The van der Waals surface area contributed by atoms with Crippen LogP contribution in [0.2, 0.25) is 0 Å². The molecule has 0 aromatic heterocycles. The first-order valence-electron chi connectivity index (χ1n) is 3.39. The molecule has 0 spiro atoms. The maximum absolute atomic E-state index is 3.93. The van der Waals surface area contributed by atoms with Crippen molar-refractivity contribution < 1.29 is 0 Å². The van der Waals surface area contributed by atoms with Crippen molar-refractivity contribution in [3.05, 3.63) is 12.8 Å². The highest BCUT2D eigenvalue weighted by Gasteiger charge is 2.11. The van der Waals surface area contributed by atoms with E-state index in [4.69, 9.17) is 0 Å². The van der Waals surface area contributed by atoms with Gasteiger partial charge in [0.1, 0.15) is 0 Å². The van der Waals surface area contributed by atoms with Crippen molar-refractivity contribution in [3.63, 3.8) is 0 Å². The molecule has 10 heavy (non-hydrogen) atoms. The van der Waals surface area contributed by atoms with Crippen LogP contribution in [0.25, 0.3) is 0 Å². The van der Waals surface area contributed by atoms with Crippen LogP contribution in [0.1, 0.15) is 0 Å². The molecule has 0 aliphatic carbocycles. The summed E-state index contributed by atoms with van der Waals surface area (Å²) in [6.07, 6.45) is 3.38. The van der Waals surface area contributed by atoms with Gasteiger partial charge in [0.25, 0.3) is 0 Å². The molecule has 1 rings (SSSR count). The Hall–Kier alpha value is -0.830. The van der Waals surface area contributed by atoms with Crippen molar-refractivity contribution in [2.24, 2.45) is 4.99 Å². The second-order valence-corrected chi connectivity index (χ2v) is 2.48. The Labute approximate surface area is 61.6 Å².